The molecule has 0 aliphatic carbocycles. The van der Waals surface area contributed by atoms with Crippen LogP contribution in [0.4, 0.5) is 19.1 Å². The number of H-pyrrole nitrogens is 1. The summed E-state index contributed by atoms with van der Waals surface area (Å²) in [6, 6.07) is 1.62. The highest BCUT2D eigenvalue weighted by Gasteiger charge is 2.50. The maximum atomic E-state index is 13.6. The van der Waals surface area contributed by atoms with Crippen LogP contribution >= 0.6 is 0 Å². The Kier molecular flexibility index (Phi) is 5.87. The number of aromatic nitrogens is 4. The first-order valence-corrected chi connectivity index (χ1v) is 10.3. The van der Waals surface area contributed by atoms with Gasteiger partial charge in [0.1, 0.15) is 0 Å². The third-order valence-corrected chi connectivity index (χ3v) is 6.15. The van der Waals surface area contributed by atoms with Gasteiger partial charge in [-0.2, -0.15) is 18.3 Å². The van der Waals surface area contributed by atoms with Gasteiger partial charge in [0.05, 0.1) is 36.3 Å². The van der Waals surface area contributed by atoms with Crippen LogP contribution in [-0.2, 0) is 24.3 Å². The Bertz CT molecular complexity index is 918. The van der Waals surface area contributed by atoms with Crippen LogP contribution in [0, 0.1) is 11.8 Å². The Morgan fingerprint density at radius 1 is 1.39 bits per heavy atom. The molecule has 2 aliphatic heterocycles. The molecular formula is C20H26F3N7O. The molecule has 0 radical (unpaired) electrons. The second kappa shape index (κ2) is 8.45. The van der Waals surface area contributed by atoms with Crippen molar-refractivity contribution in [2.75, 3.05) is 25.5 Å². The quantitative estimate of drug-likeness (QED) is 0.763. The van der Waals surface area contributed by atoms with E-state index in [9.17, 15) is 18.0 Å². The Hall–Kier alpha value is -2.69. The summed E-state index contributed by atoms with van der Waals surface area (Å²) >= 11 is 0. The van der Waals surface area contributed by atoms with Crippen LogP contribution in [0.2, 0.25) is 0 Å². The number of carbonyl (C=O) groups excluding carboxylic acids is 1. The van der Waals surface area contributed by atoms with Crippen molar-refractivity contribution in [3.8, 4) is 0 Å². The van der Waals surface area contributed by atoms with Crippen LogP contribution in [0.3, 0.4) is 0 Å². The molecule has 4 rings (SSSR count). The van der Waals surface area contributed by atoms with Crippen molar-refractivity contribution >= 4 is 11.9 Å². The smallest absolute Gasteiger partial charge is 0.349 e. The number of rotatable bonds is 4. The normalized spacial score (nSPS) is 24.7. The van der Waals surface area contributed by atoms with E-state index in [1.54, 1.807) is 29.2 Å². The number of carbonyl (C=O) groups is 1. The van der Waals surface area contributed by atoms with Gasteiger partial charge >= 0.3 is 6.18 Å². The molecule has 2 N–H and O–H groups in total. The number of hydrogen-bond donors (Lipinski definition) is 2. The van der Waals surface area contributed by atoms with E-state index in [0.29, 0.717) is 31.2 Å². The van der Waals surface area contributed by atoms with Crippen molar-refractivity contribution in [3.63, 3.8) is 0 Å². The van der Waals surface area contributed by atoms with Crippen molar-refractivity contribution in [3.05, 3.63) is 35.4 Å². The number of anilines is 1. The highest BCUT2D eigenvalue weighted by Crippen LogP contribution is 2.39. The zero-order valence-electron chi connectivity index (χ0n) is 17.5. The van der Waals surface area contributed by atoms with Crippen LogP contribution in [0.1, 0.15) is 30.3 Å². The van der Waals surface area contributed by atoms with Crippen LogP contribution in [-0.4, -0.2) is 68.2 Å². The largest absolute Gasteiger partial charge is 0.393 e. The SMILES string of the molecule is C[C@@H]1Cc2cnc(NCc3ccn[nH]3)nc2CN1C(=O)[C@H]1CCN(C)C[C@@H]1C(F)(F)F. The van der Waals surface area contributed by atoms with Gasteiger partial charge in [-0.3, -0.25) is 9.89 Å². The van der Waals surface area contributed by atoms with Crippen molar-refractivity contribution < 1.29 is 18.0 Å². The van der Waals surface area contributed by atoms with Gasteiger partial charge in [-0.15, -0.1) is 0 Å². The van der Waals surface area contributed by atoms with Crippen LogP contribution in [0.5, 0.6) is 0 Å². The molecule has 0 aromatic carbocycles. The number of halogens is 3. The summed E-state index contributed by atoms with van der Waals surface area (Å²) in [5.74, 6) is -2.73. The highest BCUT2D eigenvalue weighted by molar-refractivity contribution is 5.80. The molecule has 168 valence electrons. The molecule has 8 nitrogen and oxygen atoms in total. The van der Waals surface area contributed by atoms with E-state index in [0.717, 1.165) is 11.3 Å². The van der Waals surface area contributed by atoms with Gasteiger partial charge in [0.15, 0.2) is 0 Å². The second-order valence-corrected chi connectivity index (χ2v) is 8.43. The lowest BCUT2D eigenvalue weighted by molar-refractivity contribution is -0.205. The first-order valence-electron chi connectivity index (χ1n) is 10.3. The standard InChI is InChI=1S/C20H26F3N7O/c1-12-7-13-8-24-19(25-9-14-3-5-26-28-14)27-17(13)11-30(12)18(31)15-4-6-29(2)10-16(15)20(21,22)23/h3,5,8,12,15-16H,4,6-7,9-11H2,1-2H3,(H,26,28)(H,24,25,27)/t12-,15+,16+/m1/s1. The average molecular weight is 437 g/mol. The summed E-state index contributed by atoms with van der Waals surface area (Å²) in [5, 5.41) is 9.82. The van der Waals surface area contributed by atoms with Crippen LogP contribution in [0.25, 0.3) is 0 Å². The van der Waals surface area contributed by atoms with E-state index in [4.69, 9.17) is 0 Å². The molecule has 1 saturated heterocycles. The Balaban J connectivity index is 1.50. The third-order valence-electron chi connectivity index (χ3n) is 6.15. The molecule has 1 amide bonds. The van der Waals surface area contributed by atoms with Crippen molar-refractivity contribution in [2.24, 2.45) is 11.8 Å². The van der Waals surface area contributed by atoms with Gasteiger partial charge in [-0.25, -0.2) is 9.97 Å². The minimum Gasteiger partial charge on any atom is -0.349 e. The van der Waals surface area contributed by atoms with E-state index >= 15 is 0 Å². The van der Waals surface area contributed by atoms with Gasteiger partial charge in [0, 0.05) is 25.0 Å². The maximum Gasteiger partial charge on any atom is 0.393 e. The first kappa shape index (κ1) is 21.5. The summed E-state index contributed by atoms with van der Waals surface area (Å²) in [4.78, 5) is 25.3. The van der Waals surface area contributed by atoms with E-state index in [1.165, 1.54) is 0 Å². The number of hydrogen-bond acceptors (Lipinski definition) is 6. The van der Waals surface area contributed by atoms with E-state index < -0.39 is 23.9 Å². The molecule has 4 heterocycles. The Morgan fingerprint density at radius 3 is 2.90 bits per heavy atom. The lowest BCUT2D eigenvalue weighted by Gasteiger charge is -2.42. The fourth-order valence-electron chi connectivity index (χ4n) is 4.39. The first-order chi connectivity index (χ1) is 14.7. The van der Waals surface area contributed by atoms with Gasteiger partial charge in [0.25, 0.3) is 0 Å². The number of nitrogens with zero attached hydrogens (tertiary/aromatic N) is 5. The summed E-state index contributed by atoms with van der Waals surface area (Å²) < 4.78 is 40.9. The molecule has 3 atom stereocenters. The topological polar surface area (TPSA) is 90.0 Å². The van der Waals surface area contributed by atoms with Gasteiger partial charge in [-0.05, 0) is 45.0 Å². The molecule has 11 heteroatoms. The summed E-state index contributed by atoms with van der Waals surface area (Å²) in [6.07, 6.45) is -0.309. The second-order valence-electron chi connectivity index (χ2n) is 8.43. The monoisotopic (exact) mass is 437 g/mol. The molecule has 0 bridgehead atoms. The number of aromatic amines is 1. The molecule has 0 saturated carbocycles. The minimum atomic E-state index is -4.40. The molecule has 2 aromatic heterocycles. The van der Waals surface area contributed by atoms with E-state index in [1.807, 2.05) is 13.0 Å². The molecule has 1 fully saturated rings. The van der Waals surface area contributed by atoms with Crippen molar-refractivity contribution in [2.45, 2.75) is 45.1 Å². The maximum absolute atomic E-state index is 13.6. The van der Waals surface area contributed by atoms with Crippen LogP contribution < -0.4 is 5.32 Å². The Morgan fingerprint density at radius 2 is 2.19 bits per heavy atom. The third kappa shape index (κ3) is 4.65. The fourth-order valence-corrected chi connectivity index (χ4v) is 4.39. The lowest BCUT2D eigenvalue weighted by atomic mass is 9.83. The van der Waals surface area contributed by atoms with Gasteiger partial charge in [-0.1, -0.05) is 0 Å². The summed E-state index contributed by atoms with van der Waals surface area (Å²) in [6.45, 7) is 2.84. The molecule has 0 spiro atoms. The minimum absolute atomic E-state index is 0.150. The van der Waals surface area contributed by atoms with Gasteiger partial charge in [0.2, 0.25) is 11.9 Å². The van der Waals surface area contributed by atoms with Gasteiger partial charge < -0.3 is 15.1 Å². The predicted molar refractivity (Wildman–Crippen MR) is 107 cm³/mol. The zero-order valence-corrected chi connectivity index (χ0v) is 17.5. The average Bonchev–Trinajstić information content (AvgIpc) is 3.24. The number of likely N-dealkylation sites (tertiary alicyclic amines) is 1. The van der Waals surface area contributed by atoms with E-state index in [-0.39, 0.29) is 25.6 Å². The predicted octanol–water partition coefficient (Wildman–Crippen LogP) is 2.22. The van der Waals surface area contributed by atoms with Crippen molar-refractivity contribution in [1.29, 1.82) is 0 Å². The molecule has 0 unspecified atom stereocenters. The zero-order chi connectivity index (χ0) is 22.2. The Labute approximate surface area is 178 Å². The van der Waals surface area contributed by atoms with Crippen LogP contribution in [0.15, 0.2) is 18.5 Å². The molecule has 31 heavy (non-hydrogen) atoms. The summed E-state index contributed by atoms with van der Waals surface area (Å²) in [7, 11) is 1.66. The lowest BCUT2D eigenvalue weighted by Crippen LogP contribution is -2.54. The number of amides is 1. The number of nitrogens with one attached hydrogen (secondary N) is 2. The molecule has 2 aliphatic rings. The molecular weight excluding hydrogens is 411 g/mol. The van der Waals surface area contributed by atoms with E-state index in [2.05, 4.69) is 25.5 Å². The number of piperidine rings is 1. The molecule has 2 aromatic rings. The number of fused-ring (bicyclic) bond motifs is 1. The summed E-state index contributed by atoms with van der Waals surface area (Å²) in [5.41, 5.74) is 2.46. The number of alkyl halides is 3. The highest BCUT2D eigenvalue weighted by atomic mass is 19.4. The van der Waals surface area contributed by atoms with Crippen molar-refractivity contribution in [1.82, 2.24) is 30.0 Å². The fraction of sp³-hybridized carbons (Fsp3) is 0.600.